The van der Waals surface area contributed by atoms with Crippen LogP contribution < -0.4 is 0 Å². The van der Waals surface area contributed by atoms with Crippen LogP contribution in [0.2, 0.25) is 0 Å². The first-order valence-corrected chi connectivity index (χ1v) is 8.72. The fourth-order valence-electron chi connectivity index (χ4n) is 3.71. The smallest absolute Gasteiger partial charge is 0.252 e. The van der Waals surface area contributed by atoms with Gasteiger partial charge in [0.15, 0.2) is 0 Å². The van der Waals surface area contributed by atoms with Gasteiger partial charge in [-0.3, -0.25) is 4.79 Å². The van der Waals surface area contributed by atoms with Gasteiger partial charge in [-0.15, -0.1) is 0 Å². The van der Waals surface area contributed by atoms with Crippen molar-refractivity contribution >= 4 is 5.91 Å². The van der Waals surface area contributed by atoms with Crippen molar-refractivity contribution in [1.82, 2.24) is 4.90 Å². The molecule has 1 aliphatic carbocycles. The summed E-state index contributed by atoms with van der Waals surface area (Å²) in [6.45, 7) is 3.60. The number of rotatable bonds is 4. The second-order valence-electron chi connectivity index (χ2n) is 6.69. The summed E-state index contributed by atoms with van der Waals surface area (Å²) >= 11 is 0. The lowest BCUT2D eigenvalue weighted by Crippen LogP contribution is -2.45. The lowest BCUT2D eigenvalue weighted by atomic mass is 9.93. The van der Waals surface area contributed by atoms with E-state index in [1.807, 2.05) is 0 Å². The predicted molar refractivity (Wildman–Crippen MR) is 87.6 cm³/mol. The molecule has 3 rings (SSSR count). The molecule has 1 aliphatic heterocycles. The third kappa shape index (κ3) is 3.52. The summed E-state index contributed by atoms with van der Waals surface area (Å²) in [6.07, 6.45) is 7.78. The molecule has 1 unspecified atom stereocenters. The zero-order chi connectivity index (χ0) is 15.4. The van der Waals surface area contributed by atoms with Gasteiger partial charge in [0.25, 0.3) is 5.91 Å². The highest BCUT2D eigenvalue weighted by atomic mass is 16.5. The standard InChI is InChI=1S/C19H27NO2/c1-15-8-5-6-9-16(15)14-20(17-10-3-2-4-11-17)19(21)18-12-7-13-22-18/h5-6,8-9,17-18H,2-4,7,10-14H2,1H3. The molecule has 3 nitrogen and oxygen atoms in total. The Morgan fingerprint density at radius 3 is 2.59 bits per heavy atom. The van der Waals surface area contributed by atoms with E-state index in [0.29, 0.717) is 6.04 Å². The van der Waals surface area contributed by atoms with Crippen LogP contribution in [0.4, 0.5) is 0 Å². The number of ether oxygens (including phenoxy) is 1. The average molecular weight is 301 g/mol. The summed E-state index contributed by atoms with van der Waals surface area (Å²) in [7, 11) is 0. The molecule has 0 aromatic heterocycles. The van der Waals surface area contributed by atoms with Gasteiger partial charge in [0.1, 0.15) is 6.10 Å². The van der Waals surface area contributed by atoms with Gasteiger partial charge in [-0.1, -0.05) is 43.5 Å². The molecule has 1 amide bonds. The Kier molecular flexibility index (Phi) is 5.14. The van der Waals surface area contributed by atoms with E-state index in [2.05, 4.69) is 36.1 Å². The largest absolute Gasteiger partial charge is 0.368 e. The molecular weight excluding hydrogens is 274 g/mol. The molecule has 1 saturated carbocycles. The van der Waals surface area contributed by atoms with Gasteiger partial charge >= 0.3 is 0 Å². The van der Waals surface area contributed by atoms with Crippen LogP contribution in [0.1, 0.15) is 56.1 Å². The highest BCUT2D eigenvalue weighted by molar-refractivity contribution is 5.81. The number of nitrogens with zero attached hydrogens (tertiary/aromatic N) is 1. The predicted octanol–water partition coefficient (Wildman–Crippen LogP) is 3.84. The van der Waals surface area contributed by atoms with Crippen molar-refractivity contribution in [2.75, 3.05) is 6.61 Å². The Bertz CT molecular complexity index is 502. The summed E-state index contributed by atoms with van der Waals surface area (Å²) in [5.74, 6) is 0.215. The summed E-state index contributed by atoms with van der Waals surface area (Å²) in [5.41, 5.74) is 2.53. The zero-order valence-electron chi connectivity index (χ0n) is 13.6. The van der Waals surface area contributed by atoms with E-state index >= 15 is 0 Å². The van der Waals surface area contributed by atoms with Gasteiger partial charge in [-0.05, 0) is 43.7 Å². The second-order valence-corrected chi connectivity index (χ2v) is 6.69. The number of benzene rings is 1. The number of aryl methyl sites for hydroxylation is 1. The average Bonchev–Trinajstić information content (AvgIpc) is 3.09. The van der Waals surface area contributed by atoms with E-state index < -0.39 is 0 Å². The lowest BCUT2D eigenvalue weighted by molar-refractivity contribution is -0.144. The van der Waals surface area contributed by atoms with Crippen LogP contribution in [0.25, 0.3) is 0 Å². The molecule has 1 aromatic carbocycles. The van der Waals surface area contributed by atoms with Crippen LogP contribution in [-0.4, -0.2) is 29.6 Å². The van der Waals surface area contributed by atoms with Crippen LogP contribution in [0.5, 0.6) is 0 Å². The number of hydrogen-bond acceptors (Lipinski definition) is 2. The lowest BCUT2D eigenvalue weighted by Gasteiger charge is -2.36. The van der Waals surface area contributed by atoms with Crippen molar-refractivity contribution in [1.29, 1.82) is 0 Å². The minimum absolute atomic E-state index is 0.203. The van der Waals surface area contributed by atoms with Crippen molar-refractivity contribution in [2.45, 2.75) is 70.6 Å². The maximum atomic E-state index is 13.0. The van der Waals surface area contributed by atoms with Crippen molar-refractivity contribution < 1.29 is 9.53 Å². The molecule has 1 atom stereocenters. The maximum absolute atomic E-state index is 13.0. The minimum atomic E-state index is -0.203. The first kappa shape index (κ1) is 15.5. The van der Waals surface area contributed by atoms with Crippen LogP contribution in [-0.2, 0) is 16.1 Å². The van der Waals surface area contributed by atoms with Crippen LogP contribution >= 0.6 is 0 Å². The van der Waals surface area contributed by atoms with Crippen LogP contribution in [0.15, 0.2) is 24.3 Å². The van der Waals surface area contributed by atoms with Gasteiger partial charge in [0.2, 0.25) is 0 Å². The molecule has 0 radical (unpaired) electrons. The first-order chi connectivity index (χ1) is 10.8. The van der Waals surface area contributed by atoms with E-state index in [1.165, 1.54) is 30.4 Å². The Labute approximate surface area is 133 Å². The third-order valence-corrected chi connectivity index (χ3v) is 5.11. The molecule has 0 bridgehead atoms. The zero-order valence-corrected chi connectivity index (χ0v) is 13.6. The molecule has 1 aromatic rings. The molecular formula is C19H27NO2. The molecule has 0 N–H and O–H groups in total. The van der Waals surface area contributed by atoms with Crippen molar-refractivity contribution in [2.24, 2.45) is 0 Å². The van der Waals surface area contributed by atoms with Gasteiger partial charge in [0, 0.05) is 19.2 Å². The molecule has 2 aliphatic rings. The van der Waals surface area contributed by atoms with E-state index in [-0.39, 0.29) is 12.0 Å². The fraction of sp³-hybridized carbons (Fsp3) is 0.632. The van der Waals surface area contributed by atoms with Crippen molar-refractivity contribution in [3.05, 3.63) is 35.4 Å². The summed E-state index contributed by atoms with van der Waals surface area (Å²) < 4.78 is 5.66. The Balaban J connectivity index is 1.78. The van der Waals surface area contributed by atoms with Crippen LogP contribution in [0, 0.1) is 6.92 Å². The highest BCUT2D eigenvalue weighted by Crippen LogP contribution is 2.27. The van der Waals surface area contributed by atoms with E-state index in [9.17, 15) is 4.79 Å². The Hall–Kier alpha value is -1.35. The topological polar surface area (TPSA) is 29.5 Å². The molecule has 2 fully saturated rings. The minimum Gasteiger partial charge on any atom is -0.368 e. The molecule has 22 heavy (non-hydrogen) atoms. The SMILES string of the molecule is Cc1ccccc1CN(C(=O)C1CCCO1)C1CCCCC1. The second kappa shape index (κ2) is 7.28. The number of amides is 1. The number of carbonyl (C=O) groups is 1. The van der Waals surface area contributed by atoms with Gasteiger partial charge < -0.3 is 9.64 Å². The normalized spacial score (nSPS) is 22.7. The van der Waals surface area contributed by atoms with Gasteiger partial charge in [-0.2, -0.15) is 0 Å². The Morgan fingerprint density at radius 1 is 1.14 bits per heavy atom. The van der Waals surface area contributed by atoms with E-state index in [1.54, 1.807) is 0 Å². The monoisotopic (exact) mass is 301 g/mol. The fourth-order valence-corrected chi connectivity index (χ4v) is 3.71. The quantitative estimate of drug-likeness (QED) is 0.845. The number of hydrogen-bond donors (Lipinski definition) is 0. The molecule has 120 valence electrons. The number of carbonyl (C=O) groups excluding carboxylic acids is 1. The summed E-state index contributed by atoms with van der Waals surface area (Å²) in [6, 6.07) is 8.80. The van der Waals surface area contributed by atoms with Gasteiger partial charge in [0.05, 0.1) is 0 Å². The molecule has 1 saturated heterocycles. The molecule has 3 heteroatoms. The van der Waals surface area contributed by atoms with E-state index in [0.717, 1.165) is 38.8 Å². The van der Waals surface area contributed by atoms with E-state index in [4.69, 9.17) is 4.74 Å². The molecule has 0 spiro atoms. The maximum Gasteiger partial charge on any atom is 0.252 e. The van der Waals surface area contributed by atoms with Crippen LogP contribution in [0.3, 0.4) is 0 Å². The Morgan fingerprint density at radius 2 is 1.91 bits per heavy atom. The first-order valence-electron chi connectivity index (χ1n) is 8.72. The van der Waals surface area contributed by atoms with Crippen molar-refractivity contribution in [3.63, 3.8) is 0 Å². The third-order valence-electron chi connectivity index (χ3n) is 5.11. The van der Waals surface area contributed by atoms with Crippen molar-refractivity contribution in [3.8, 4) is 0 Å². The summed E-state index contributed by atoms with van der Waals surface area (Å²) in [5, 5.41) is 0. The van der Waals surface area contributed by atoms with Gasteiger partial charge in [-0.25, -0.2) is 0 Å². The summed E-state index contributed by atoms with van der Waals surface area (Å²) in [4.78, 5) is 15.1. The highest BCUT2D eigenvalue weighted by Gasteiger charge is 2.33. The molecule has 1 heterocycles.